The van der Waals surface area contributed by atoms with Crippen LogP contribution in [-0.4, -0.2) is 24.7 Å². The quantitative estimate of drug-likeness (QED) is 0.135. The molecule has 0 spiro atoms. The third-order valence-corrected chi connectivity index (χ3v) is 7.00. The SMILES string of the molecule is O=c1c2[nH]cc(-c3ccccc3)c2nc(SCc2nc(-c3cccc(C(F)(F)F)c3)no2)n1-c1ccc(F)cc1. The smallest absolute Gasteiger partial charge is 0.355 e. The Morgan fingerprint density at radius 3 is 2.42 bits per heavy atom. The molecule has 0 unspecified atom stereocenters. The summed E-state index contributed by atoms with van der Waals surface area (Å²) in [5.41, 5.74) is 1.64. The standard InChI is InChI=1S/C28H17F4N5O2S/c29-19-9-11-20(12-10-19)37-26(38)24-23(21(14-33-24)16-5-2-1-3-6-16)35-27(37)40-15-22-34-25(36-39-22)17-7-4-8-18(13-17)28(30,31)32/h1-14,33H,15H2. The minimum absolute atomic E-state index is 0.00182. The molecule has 12 heteroatoms. The van der Waals surface area contributed by atoms with Crippen molar-refractivity contribution >= 4 is 22.8 Å². The Labute approximate surface area is 227 Å². The zero-order chi connectivity index (χ0) is 27.9. The number of fused-ring (bicyclic) bond motifs is 1. The molecular formula is C28H17F4N5O2S. The number of thioether (sulfide) groups is 1. The zero-order valence-electron chi connectivity index (χ0n) is 20.3. The summed E-state index contributed by atoms with van der Waals surface area (Å²) in [6.07, 6.45) is -2.80. The van der Waals surface area contributed by atoms with E-state index in [1.165, 1.54) is 41.0 Å². The summed E-state index contributed by atoms with van der Waals surface area (Å²) in [5, 5.41) is 4.10. The number of nitrogens with zero attached hydrogens (tertiary/aromatic N) is 4. The molecule has 0 saturated carbocycles. The predicted octanol–water partition coefficient (Wildman–Crippen LogP) is 6.88. The summed E-state index contributed by atoms with van der Waals surface area (Å²) >= 11 is 1.12. The van der Waals surface area contributed by atoms with Gasteiger partial charge in [0, 0.05) is 17.3 Å². The number of halogens is 4. The summed E-state index contributed by atoms with van der Waals surface area (Å²) < 4.78 is 59.7. The van der Waals surface area contributed by atoms with Crippen LogP contribution >= 0.6 is 11.8 Å². The zero-order valence-corrected chi connectivity index (χ0v) is 21.1. The molecule has 0 fully saturated rings. The number of H-pyrrole nitrogens is 1. The largest absolute Gasteiger partial charge is 0.416 e. The fourth-order valence-electron chi connectivity index (χ4n) is 4.18. The Morgan fingerprint density at radius 1 is 0.925 bits per heavy atom. The first-order valence-electron chi connectivity index (χ1n) is 11.9. The van der Waals surface area contributed by atoms with Gasteiger partial charge in [0.05, 0.1) is 17.0 Å². The first-order valence-corrected chi connectivity index (χ1v) is 12.8. The maximum Gasteiger partial charge on any atom is 0.416 e. The number of hydrogen-bond acceptors (Lipinski definition) is 6. The monoisotopic (exact) mass is 563 g/mol. The van der Waals surface area contributed by atoms with Gasteiger partial charge in [-0.2, -0.15) is 18.2 Å². The van der Waals surface area contributed by atoms with E-state index in [0.717, 1.165) is 35.0 Å². The van der Waals surface area contributed by atoms with Crippen molar-refractivity contribution in [3.63, 3.8) is 0 Å². The minimum atomic E-state index is -4.51. The second-order valence-electron chi connectivity index (χ2n) is 8.68. The Kier molecular flexibility index (Phi) is 6.46. The van der Waals surface area contributed by atoms with E-state index in [1.54, 1.807) is 6.20 Å². The highest BCUT2D eigenvalue weighted by atomic mass is 32.2. The van der Waals surface area contributed by atoms with Gasteiger partial charge in [-0.05, 0) is 42.0 Å². The highest BCUT2D eigenvalue weighted by molar-refractivity contribution is 7.98. The fourth-order valence-corrected chi connectivity index (χ4v) is 5.03. The number of aromatic amines is 1. The topological polar surface area (TPSA) is 89.6 Å². The number of alkyl halides is 3. The maximum absolute atomic E-state index is 13.6. The van der Waals surface area contributed by atoms with Crippen LogP contribution in [0.4, 0.5) is 17.6 Å². The second-order valence-corrected chi connectivity index (χ2v) is 9.62. The summed E-state index contributed by atoms with van der Waals surface area (Å²) in [6.45, 7) is 0. The van der Waals surface area contributed by atoms with Crippen molar-refractivity contribution in [2.45, 2.75) is 17.1 Å². The Bertz CT molecular complexity index is 1880. The molecule has 0 saturated heterocycles. The molecule has 6 rings (SSSR count). The Balaban J connectivity index is 1.38. The third kappa shape index (κ3) is 4.89. The number of nitrogens with one attached hydrogen (secondary N) is 1. The highest BCUT2D eigenvalue weighted by Gasteiger charge is 2.31. The summed E-state index contributed by atoms with van der Waals surface area (Å²) in [6, 6.07) is 19.5. The Morgan fingerprint density at radius 2 is 1.68 bits per heavy atom. The van der Waals surface area contributed by atoms with E-state index < -0.39 is 23.1 Å². The van der Waals surface area contributed by atoms with E-state index in [0.29, 0.717) is 11.2 Å². The molecule has 6 aromatic rings. The molecule has 3 aromatic carbocycles. The van der Waals surface area contributed by atoms with Crippen LogP contribution in [0, 0.1) is 5.82 Å². The third-order valence-electron chi connectivity index (χ3n) is 6.08. The maximum atomic E-state index is 13.6. The van der Waals surface area contributed by atoms with Crippen LogP contribution in [-0.2, 0) is 11.9 Å². The van der Waals surface area contributed by atoms with Gasteiger partial charge in [0.25, 0.3) is 5.56 Å². The molecule has 0 bridgehead atoms. The Hall–Kier alpha value is -4.71. The summed E-state index contributed by atoms with van der Waals surface area (Å²) in [4.78, 5) is 25.7. The van der Waals surface area contributed by atoms with Crippen LogP contribution in [0.1, 0.15) is 11.5 Å². The molecule has 3 heterocycles. The van der Waals surface area contributed by atoms with Gasteiger partial charge in [0.1, 0.15) is 16.9 Å². The van der Waals surface area contributed by atoms with Gasteiger partial charge in [-0.15, -0.1) is 0 Å². The molecule has 0 amide bonds. The molecule has 200 valence electrons. The molecule has 3 aromatic heterocycles. The number of hydrogen-bond donors (Lipinski definition) is 1. The van der Waals surface area contributed by atoms with E-state index >= 15 is 0 Å². The highest BCUT2D eigenvalue weighted by Crippen LogP contribution is 2.33. The van der Waals surface area contributed by atoms with Gasteiger partial charge in [0.2, 0.25) is 11.7 Å². The van der Waals surface area contributed by atoms with Gasteiger partial charge >= 0.3 is 6.18 Å². The lowest BCUT2D eigenvalue weighted by molar-refractivity contribution is -0.137. The number of rotatable bonds is 6. The van der Waals surface area contributed by atoms with Crippen molar-refractivity contribution in [3.8, 4) is 28.2 Å². The normalized spacial score (nSPS) is 11.8. The van der Waals surface area contributed by atoms with Crippen molar-refractivity contribution < 1.29 is 22.1 Å². The van der Waals surface area contributed by atoms with Crippen molar-refractivity contribution in [3.05, 3.63) is 113 Å². The summed E-state index contributed by atoms with van der Waals surface area (Å²) in [5.74, 6) is -0.275. The molecule has 0 atom stereocenters. The molecule has 1 N–H and O–H groups in total. The van der Waals surface area contributed by atoms with Crippen molar-refractivity contribution in [1.82, 2.24) is 24.7 Å². The molecule has 40 heavy (non-hydrogen) atoms. The van der Waals surface area contributed by atoms with E-state index in [4.69, 9.17) is 9.51 Å². The van der Waals surface area contributed by atoms with Crippen LogP contribution in [0.5, 0.6) is 0 Å². The average molecular weight is 564 g/mol. The van der Waals surface area contributed by atoms with Gasteiger partial charge in [-0.25, -0.2) is 9.37 Å². The second kappa shape index (κ2) is 10.1. The lowest BCUT2D eigenvalue weighted by Crippen LogP contribution is -2.21. The van der Waals surface area contributed by atoms with Crippen molar-refractivity contribution in [1.29, 1.82) is 0 Å². The van der Waals surface area contributed by atoms with Crippen LogP contribution in [0.3, 0.4) is 0 Å². The van der Waals surface area contributed by atoms with E-state index in [1.807, 2.05) is 30.3 Å². The van der Waals surface area contributed by atoms with Gasteiger partial charge < -0.3 is 9.51 Å². The molecule has 7 nitrogen and oxygen atoms in total. The van der Waals surface area contributed by atoms with E-state index in [-0.39, 0.29) is 33.7 Å². The van der Waals surface area contributed by atoms with Crippen LogP contribution < -0.4 is 5.56 Å². The van der Waals surface area contributed by atoms with E-state index in [9.17, 15) is 22.4 Å². The summed E-state index contributed by atoms with van der Waals surface area (Å²) in [7, 11) is 0. The van der Waals surface area contributed by atoms with E-state index in [2.05, 4.69) is 15.1 Å². The molecule has 0 aliphatic carbocycles. The molecule has 0 aliphatic rings. The average Bonchev–Trinajstić information content (AvgIpc) is 3.61. The van der Waals surface area contributed by atoms with Gasteiger partial charge in [-0.1, -0.05) is 59.4 Å². The van der Waals surface area contributed by atoms with Crippen LogP contribution in [0.25, 0.3) is 39.2 Å². The fraction of sp³-hybridized carbons (Fsp3) is 0.0714. The van der Waals surface area contributed by atoms with Gasteiger partial charge in [-0.3, -0.25) is 9.36 Å². The minimum Gasteiger partial charge on any atom is -0.355 e. The molecule has 0 radical (unpaired) electrons. The first-order chi connectivity index (χ1) is 19.3. The van der Waals surface area contributed by atoms with Gasteiger partial charge in [0.15, 0.2) is 5.16 Å². The lowest BCUT2D eigenvalue weighted by Gasteiger charge is -2.12. The molecular weight excluding hydrogens is 546 g/mol. The first kappa shape index (κ1) is 25.6. The van der Waals surface area contributed by atoms with Crippen molar-refractivity contribution in [2.75, 3.05) is 0 Å². The predicted molar refractivity (Wildman–Crippen MR) is 141 cm³/mol. The number of benzene rings is 3. The van der Waals surface area contributed by atoms with Crippen molar-refractivity contribution in [2.24, 2.45) is 0 Å². The lowest BCUT2D eigenvalue weighted by atomic mass is 10.1. The number of aromatic nitrogens is 5. The molecule has 0 aliphatic heterocycles. The van der Waals surface area contributed by atoms with Crippen LogP contribution in [0.15, 0.2) is 99.5 Å². The van der Waals surface area contributed by atoms with Crippen LogP contribution in [0.2, 0.25) is 0 Å².